The third kappa shape index (κ3) is 4.93. The molecule has 0 heterocycles. The summed E-state index contributed by atoms with van der Waals surface area (Å²) >= 11 is 0. The quantitative estimate of drug-likeness (QED) is 0.829. The Labute approximate surface area is 116 Å². The molecule has 108 valence electrons. The van der Waals surface area contributed by atoms with Gasteiger partial charge >= 0.3 is 0 Å². The molecule has 0 bridgehead atoms. The lowest BCUT2D eigenvalue weighted by atomic mass is 10.1. The molecule has 5 heteroatoms. The maximum absolute atomic E-state index is 11.6. The highest BCUT2D eigenvalue weighted by molar-refractivity contribution is 7.92. The molecule has 0 amide bonds. The zero-order valence-corrected chi connectivity index (χ0v) is 12.9. The minimum absolute atomic E-state index is 0.431. The van der Waals surface area contributed by atoms with Crippen LogP contribution in [0, 0.1) is 0 Å². The second-order valence-electron chi connectivity index (χ2n) is 5.39. The maximum atomic E-state index is 11.6. The van der Waals surface area contributed by atoms with Crippen molar-refractivity contribution >= 4 is 9.84 Å². The third-order valence-electron chi connectivity index (χ3n) is 3.19. The van der Waals surface area contributed by atoms with Gasteiger partial charge in [-0.2, -0.15) is 0 Å². The number of sulfone groups is 1. The highest BCUT2D eigenvalue weighted by Gasteiger charge is 2.29. The average Bonchev–Trinajstić information content (AvgIpc) is 2.28. The Balaban J connectivity index is 2.56. The zero-order chi connectivity index (χ0) is 14.5. The number of hydrogen-bond donors (Lipinski definition) is 1. The van der Waals surface area contributed by atoms with Gasteiger partial charge in [-0.1, -0.05) is 24.3 Å². The normalized spacial score (nSPS) is 12.6. The standard InChI is InChI=1S/C14H23NO3S/c1-14(2,19(4,16)17)11-15-9-12-6-5-7-13(8-12)10-18-3/h5-8,15H,9-11H2,1-4H3. The van der Waals surface area contributed by atoms with Gasteiger partial charge in [0.2, 0.25) is 0 Å². The van der Waals surface area contributed by atoms with Crippen molar-refractivity contribution in [1.29, 1.82) is 0 Å². The summed E-state index contributed by atoms with van der Waals surface area (Å²) in [5.74, 6) is 0. The molecule has 4 nitrogen and oxygen atoms in total. The molecule has 0 unspecified atom stereocenters. The van der Waals surface area contributed by atoms with Crippen LogP contribution in [0.4, 0.5) is 0 Å². The summed E-state index contributed by atoms with van der Waals surface area (Å²) in [6.45, 7) is 5.13. The van der Waals surface area contributed by atoms with Crippen LogP contribution in [0.2, 0.25) is 0 Å². The van der Waals surface area contributed by atoms with E-state index in [0.29, 0.717) is 19.7 Å². The predicted octanol–water partition coefficient (Wildman–Crippen LogP) is 1.75. The van der Waals surface area contributed by atoms with Gasteiger partial charge in [-0.05, 0) is 25.0 Å². The van der Waals surface area contributed by atoms with Crippen molar-refractivity contribution in [3.05, 3.63) is 35.4 Å². The van der Waals surface area contributed by atoms with E-state index in [2.05, 4.69) is 11.4 Å². The van der Waals surface area contributed by atoms with Gasteiger partial charge in [0.1, 0.15) is 0 Å². The van der Waals surface area contributed by atoms with Gasteiger partial charge in [0.15, 0.2) is 9.84 Å². The summed E-state index contributed by atoms with van der Waals surface area (Å²) in [5, 5.41) is 3.20. The van der Waals surface area contributed by atoms with E-state index in [-0.39, 0.29) is 0 Å². The first kappa shape index (κ1) is 16.1. The Morgan fingerprint density at radius 1 is 1.26 bits per heavy atom. The minimum Gasteiger partial charge on any atom is -0.380 e. The SMILES string of the molecule is COCc1cccc(CNCC(C)(C)S(C)(=O)=O)c1. The van der Waals surface area contributed by atoms with E-state index in [1.165, 1.54) is 6.26 Å². The van der Waals surface area contributed by atoms with Crippen LogP contribution in [0.15, 0.2) is 24.3 Å². The largest absolute Gasteiger partial charge is 0.380 e. The lowest BCUT2D eigenvalue weighted by Gasteiger charge is -2.22. The van der Waals surface area contributed by atoms with E-state index in [4.69, 9.17) is 4.74 Å². The van der Waals surface area contributed by atoms with Crippen molar-refractivity contribution in [2.45, 2.75) is 31.7 Å². The maximum Gasteiger partial charge on any atom is 0.153 e. The first-order valence-corrected chi connectivity index (χ1v) is 8.12. The summed E-state index contributed by atoms with van der Waals surface area (Å²) in [6.07, 6.45) is 1.27. The highest BCUT2D eigenvalue weighted by atomic mass is 32.2. The topological polar surface area (TPSA) is 55.4 Å². The molecule has 0 atom stereocenters. The Bertz CT molecular complexity index is 509. The Morgan fingerprint density at radius 3 is 2.47 bits per heavy atom. The number of ether oxygens (including phenoxy) is 1. The predicted molar refractivity (Wildman–Crippen MR) is 77.8 cm³/mol. The van der Waals surface area contributed by atoms with Crippen molar-refractivity contribution in [1.82, 2.24) is 5.32 Å². The molecule has 0 aliphatic heterocycles. The Hall–Kier alpha value is -0.910. The van der Waals surface area contributed by atoms with Gasteiger partial charge in [0, 0.05) is 26.5 Å². The molecule has 1 aromatic carbocycles. The summed E-state index contributed by atoms with van der Waals surface area (Å²) in [5.41, 5.74) is 2.24. The van der Waals surface area contributed by atoms with Crippen molar-refractivity contribution < 1.29 is 13.2 Å². The van der Waals surface area contributed by atoms with Crippen molar-refractivity contribution in [2.24, 2.45) is 0 Å². The van der Waals surface area contributed by atoms with E-state index in [0.717, 1.165) is 11.1 Å². The molecule has 0 spiro atoms. The van der Waals surface area contributed by atoms with E-state index in [1.54, 1.807) is 21.0 Å². The molecule has 0 aromatic heterocycles. The Kier molecular flexibility index (Phi) is 5.52. The van der Waals surface area contributed by atoms with Crippen molar-refractivity contribution in [3.8, 4) is 0 Å². The van der Waals surface area contributed by atoms with Crippen LogP contribution in [0.1, 0.15) is 25.0 Å². The third-order valence-corrected chi connectivity index (χ3v) is 5.34. The molecule has 0 aliphatic carbocycles. The fraction of sp³-hybridized carbons (Fsp3) is 0.571. The molecule has 1 N–H and O–H groups in total. The first-order valence-electron chi connectivity index (χ1n) is 6.23. The molecular weight excluding hydrogens is 262 g/mol. The van der Waals surface area contributed by atoms with Gasteiger partial charge in [-0.15, -0.1) is 0 Å². The number of nitrogens with one attached hydrogen (secondary N) is 1. The minimum atomic E-state index is -3.06. The molecule has 0 aliphatic rings. The molecule has 0 fully saturated rings. The van der Waals surface area contributed by atoms with Crippen LogP contribution in [0.25, 0.3) is 0 Å². The second-order valence-corrected chi connectivity index (χ2v) is 8.04. The van der Waals surface area contributed by atoms with Gasteiger partial charge in [-0.3, -0.25) is 0 Å². The van der Waals surface area contributed by atoms with Crippen LogP contribution in [-0.4, -0.2) is 33.1 Å². The van der Waals surface area contributed by atoms with Crippen LogP contribution in [0.5, 0.6) is 0 Å². The van der Waals surface area contributed by atoms with E-state index >= 15 is 0 Å². The van der Waals surface area contributed by atoms with Crippen LogP contribution >= 0.6 is 0 Å². The van der Waals surface area contributed by atoms with Crippen molar-refractivity contribution in [3.63, 3.8) is 0 Å². The van der Waals surface area contributed by atoms with Crippen LogP contribution in [-0.2, 0) is 27.7 Å². The number of rotatable bonds is 7. The highest BCUT2D eigenvalue weighted by Crippen LogP contribution is 2.14. The monoisotopic (exact) mass is 285 g/mol. The molecule has 0 saturated heterocycles. The fourth-order valence-corrected chi connectivity index (χ4v) is 2.00. The smallest absolute Gasteiger partial charge is 0.153 e. The van der Waals surface area contributed by atoms with Gasteiger partial charge in [0.25, 0.3) is 0 Å². The second kappa shape index (κ2) is 6.50. The molecule has 0 radical (unpaired) electrons. The summed E-state index contributed by atoms with van der Waals surface area (Å²) in [6, 6.07) is 8.06. The lowest BCUT2D eigenvalue weighted by molar-refractivity contribution is 0.185. The summed E-state index contributed by atoms with van der Waals surface area (Å²) < 4.78 is 27.5. The molecule has 1 rings (SSSR count). The molecule has 19 heavy (non-hydrogen) atoms. The number of benzene rings is 1. The molecular formula is C14H23NO3S. The average molecular weight is 285 g/mol. The lowest BCUT2D eigenvalue weighted by Crippen LogP contribution is -2.41. The fourth-order valence-electron chi connectivity index (χ4n) is 1.64. The van der Waals surface area contributed by atoms with Gasteiger partial charge in [0.05, 0.1) is 11.4 Å². The number of hydrogen-bond acceptors (Lipinski definition) is 4. The van der Waals surface area contributed by atoms with E-state index < -0.39 is 14.6 Å². The Morgan fingerprint density at radius 2 is 1.89 bits per heavy atom. The zero-order valence-electron chi connectivity index (χ0n) is 12.1. The summed E-state index contributed by atoms with van der Waals surface area (Å²) in [7, 11) is -1.39. The molecule has 1 aromatic rings. The molecule has 0 saturated carbocycles. The summed E-state index contributed by atoms with van der Waals surface area (Å²) in [4.78, 5) is 0. The van der Waals surface area contributed by atoms with E-state index in [9.17, 15) is 8.42 Å². The van der Waals surface area contributed by atoms with E-state index in [1.807, 2.05) is 18.2 Å². The van der Waals surface area contributed by atoms with Gasteiger partial charge < -0.3 is 10.1 Å². The number of methoxy groups -OCH3 is 1. The van der Waals surface area contributed by atoms with Crippen molar-refractivity contribution in [2.75, 3.05) is 19.9 Å². The van der Waals surface area contributed by atoms with Crippen LogP contribution < -0.4 is 5.32 Å². The van der Waals surface area contributed by atoms with Gasteiger partial charge in [-0.25, -0.2) is 8.42 Å². The van der Waals surface area contributed by atoms with Crippen LogP contribution in [0.3, 0.4) is 0 Å². The first-order chi connectivity index (χ1) is 8.76.